The molecule has 0 radical (unpaired) electrons. The molecule has 0 saturated carbocycles. The Balaban J connectivity index is 1.68. The zero-order chi connectivity index (χ0) is 19.4. The number of amides is 1. The number of likely N-dealkylation sites (tertiary alicyclic amines) is 1. The second-order valence-electron chi connectivity index (χ2n) is 6.94. The lowest BCUT2D eigenvalue weighted by Crippen LogP contribution is -2.46. The quantitative estimate of drug-likeness (QED) is 0.595. The first-order chi connectivity index (χ1) is 13.0. The molecular formula is C19H25N5O3. The van der Waals surface area contributed by atoms with Crippen LogP contribution in [0.2, 0.25) is 0 Å². The van der Waals surface area contributed by atoms with Crippen LogP contribution in [0.3, 0.4) is 0 Å². The second-order valence-corrected chi connectivity index (χ2v) is 6.94. The summed E-state index contributed by atoms with van der Waals surface area (Å²) in [7, 11) is 1.83. The van der Waals surface area contributed by atoms with E-state index in [-0.39, 0.29) is 17.8 Å². The molecular weight excluding hydrogens is 346 g/mol. The Morgan fingerprint density at radius 1 is 1.37 bits per heavy atom. The maximum absolute atomic E-state index is 12.8. The van der Waals surface area contributed by atoms with Crippen molar-refractivity contribution in [1.29, 1.82) is 0 Å². The van der Waals surface area contributed by atoms with E-state index >= 15 is 0 Å². The summed E-state index contributed by atoms with van der Waals surface area (Å²) in [5.41, 5.74) is 1.16. The van der Waals surface area contributed by atoms with Crippen LogP contribution in [0.5, 0.6) is 0 Å². The average Bonchev–Trinajstić information content (AvgIpc) is 3.18. The lowest BCUT2D eigenvalue weighted by molar-refractivity contribution is -0.384. The minimum atomic E-state index is -0.440. The Morgan fingerprint density at radius 2 is 2.11 bits per heavy atom. The highest BCUT2D eigenvalue weighted by atomic mass is 16.6. The van der Waals surface area contributed by atoms with E-state index in [4.69, 9.17) is 0 Å². The van der Waals surface area contributed by atoms with E-state index in [0.717, 1.165) is 38.9 Å². The van der Waals surface area contributed by atoms with Gasteiger partial charge in [0, 0.05) is 50.1 Å². The molecule has 0 bridgehead atoms. The van der Waals surface area contributed by atoms with Gasteiger partial charge < -0.3 is 9.80 Å². The summed E-state index contributed by atoms with van der Waals surface area (Å²) in [6, 6.07) is 6.35. The number of hydrogen-bond acceptors (Lipinski definition) is 5. The molecule has 0 spiro atoms. The number of nitro groups is 1. The molecule has 0 N–H and O–H groups in total. The maximum atomic E-state index is 12.8. The van der Waals surface area contributed by atoms with Crippen LogP contribution in [0.1, 0.15) is 26.2 Å². The highest BCUT2D eigenvalue weighted by Crippen LogP contribution is 2.23. The standard InChI is InChI=1S/C19H25N5O3/c1-3-9-22-10-7-16(8-11-22)21(2)19(25)23-13-18(20-14-23)15-5-4-6-17(12-15)24(26)27/h4-6,12-14,16H,3,7-11H2,1-2H3. The van der Waals surface area contributed by atoms with E-state index in [0.29, 0.717) is 11.3 Å². The zero-order valence-corrected chi connectivity index (χ0v) is 15.7. The molecule has 27 heavy (non-hydrogen) atoms. The number of nitro benzene ring substituents is 1. The third-order valence-electron chi connectivity index (χ3n) is 5.10. The number of rotatable bonds is 5. The molecule has 0 aliphatic carbocycles. The van der Waals surface area contributed by atoms with Crippen molar-refractivity contribution >= 4 is 11.7 Å². The summed E-state index contributed by atoms with van der Waals surface area (Å²) in [5, 5.41) is 10.9. The molecule has 8 nitrogen and oxygen atoms in total. The van der Waals surface area contributed by atoms with Gasteiger partial charge in [0.15, 0.2) is 0 Å². The smallest absolute Gasteiger partial charge is 0.324 e. The number of carbonyl (C=O) groups is 1. The summed E-state index contributed by atoms with van der Waals surface area (Å²) >= 11 is 0. The van der Waals surface area contributed by atoms with E-state index in [1.54, 1.807) is 23.2 Å². The van der Waals surface area contributed by atoms with Crippen molar-refractivity contribution in [3.8, 4) is 11.3 Å². The molecule has 1 aromatic heterocycles. The Labute approximate surface area is 158 Å². The fourth-order valence-corrected chi connectivity index (χ4v) is 3.54. The Hall–Kier alpha value is -2.74. The molecule has 0 atom stereocenters. The summed E-state index contributed by atoms with van der Waals surface area (Å²) in [4.78, 5) is 31.8. The van der Waals surface area contributed by atoms with Gasteiger partial charge in [0.25, 0.3) is 5.69 Å². The van der Waals surface area contributed by atoms with Crippen molar-refractivity contribution in [3.05, 3.63) is 46.9 Å². The highest BCUT2D eigenvalue weighted by Gasteiger charge is 2.26. The first-order valence-corrected chi connectivity index (χ1v) is 9.28. The number of piperidine rings is 1. The molecule has 1 aromatic carbocycles. The van der Waals surface area contributed by atoms with Gasteiger partial charge in [-0.15, -0.1) is 0 Å². The number of aromatic nitrogens is 2. The predicted molar refractivity (Wildman–Crippen MR) is 103 cm³/mol. The minimum Gasteiger partial charge on any atom is -0.324 e. The van der Waals surface area contributed by atoms with Gasteiger partial charge in [-0.1, -0.05) is 19.1 Å². The molecule has 144 valence electrons. The van der Waals surface area contributed by atoms with Crippen LogP contribution in [-0.2, 0) is 0 Å². The van der Waals surface area contributed by atoms with Gasteiger partial charge in [0.2, 0.25) is 0 Å². The zero-order valence-electron chi connectivity index (χ0n) is 15.7. The van der Waals surface area contributed by atoms with E-state index in [9.17, 15) is 14.9 Å². The second kappa shape index (κ2) is 8.30. The molecule has 1 aliphatic heterocycles. The SMILES string of the molecule is CCCN1CCC(N(C)C(=O)n2cnc(-c3cccc([N+](=O)[O-])c3)c2)CC1. The molecule has 1 amide bonds. The van der Waals surface area contributed by atoms with Crippen LogP contribution in [-0.4, -0.2) is 63.0 Å². The Bertz CT molecular complexity index is 811. The fourth-order valence-electron chi connectivity index (χ4n) is 3.54. The topological polar surface area (TPSA) is 84.5 Å². The molecule has 3 rings (SSSR count). The number of non-ortho nitro benzene ring substituents is 1. The number of nitrogens with zero attached hydrogens (tertiary/aromatic N) is 5. The van der Waals surface area contributed by atoms with Gasteiger partial charge in [-0.05, 0) is 25.8 Å². The minimum absolute atomic E-state index is 0.00401. The number of benzene rings is 1. The number of carbonyl (C=O) groups excluding carboxylic acids is 1. The van der Waals surface area contributed by atoms with Crippen molar-refractivity contribution in [3.63, 3.8) is 0 Å². The van der Waals surface area contributed by atoms with Crippen molar-refractivity contribution in [2.75, 3.05) is 26.7 Å². The summed E-state index contributed by atoms with van der Waals surface area (Å²) in [5.74, 6) is 0. The van der Waals surface area contributed by atoms with E-state index in [2.05, 4.69) is 16.8 Å². The molecule has 1 fully saturated rings. The van der Waals surface area contributed by atoms with Gasteiger partial charge in [0.1, 0.15) is 6.33 Å². The van der Waals surface area contributed by atoms with E-state index in [1.165, 1.54) is 23.0 Å². The van der Waals surface area contributed by atoms with Crippen LogP contribution in [0, 0.1) is 10.1 Å². The predicted octanol–water partition coefficient (Wildman–Crippen LogP) is 3.23. The lowest BCUT2D eigenvalue weighted by atomic mass is 10.0. The van der Waals surface area contributed by atoms with E-state index < -0.39 is 4.92 Å². The maximum Gasteiger partial charge on any atom is 0.329 e. The molecule has 8 heteroatoms. The summed E-state index contributed by atoms with van der Waals surface area (Å²) < 4.78 is 1.45. The van der Waals surface area contributed by atoms with Crippen LogP contribution >= 0.6 is 0 Å². The van der Waals surface area contributed by atoms with Crippen molar-refractivity contribution in [1.82, 2.24) is 19.4 Å². The third-order valence-corrected chi connectivity index (χ3v) is 5.10. The van der Waals surface area contributed by atoms with Crippen LogP contribution in [0.15, 0.2) is 36.8 Å². The van der Waals surface area contributed by atoms with Gasteiger partial charge in [-0.2, -0.15) is 0 Å². The van der Waals surface area contributed by atoms with Crippen molar-refractivity contribution < 1.29 is 9.72 Å². The molecule has 1 aliphatic rings. The van der Waals surface area contributed by atoms with Crippen molar-refractivity contribution in [2.45, 2.75) is 32.2 Å². The molecule has 0 unspecified atom stereocenters. The first-order valence-electron chi connectivity index (χ1n) is 9.28. The molecule has 2 heterocycles. The normalized spacial score (nSPS) is 15.6. The van der Waals surface area contributed by atoms with Gasteiger partial charge in [0.05, 0.1) is 10.6 Å². The number of imidazole rings is 1. The summed E-state index contributed by atoms with van der Waals surface area (Å²) in [6.45, 7) is 5.32. The average molecular weight is 371 g/mol. The van der Waals surface area contributed by atoms with Crippen molar-refractivity contribution in [2.24, 2.45) is 0 Å². The van der Waals surface area contributed by atoms with Crippen LogP contribution < -0.4 is 0 Å². The van der Waals surface area contributed by atoms with Gasteiger partial charge in [-0.3, -0.25) is 14.7 Å². The van der Waals surface area contributed by atoms with Crippen LogP contribution in [0.25, 0.3) is 11.3 Å². The largest absolute Gasteiger partial charge is 0.329 e. The fraction of sp³-hybridized carbons (Fsp3) is 0.474. The Kier molecular flexibility index (Phi) is 5.85. The number of hydrogen-bond donors (Lipinski definition) is 0. The molecule has 1 saturated heterocycles. The molecule has 2 aromatic rings. The third kappa shape index (κ3) is 4.33. The lowest BCUT2D eigenvalue weighted by Gasteiger charge is -2.36. The Morgan fingerprint density at radius 3 is 2.78 bits per heavy atom. The summed E-state index contributed by atoms with van der Waals surface area (Å²) in [6.07, 6.45) is 6.18. The van der Waals surface area contributed by atoms with Gasteiger partial charge in [-0.25, -0.2) is 9.78 Å². The van der Waals surface area contributed by atoms with Crippen LogP contribution in [0.4, 0.5) is 10.5 Å². The highest BCUT2D eigenvalue weighted by molar-refractivity contribution is 5.78. The van der Waals surface area contributed by atoms with E-state index in [1.807, 2.05) is 7.05 Å². The first kappa shape index (κ1) is 19.0. The van der Waals surface area contributed by atoms with Gasteiger partial charge >= 0.3 is 6.03 Å². The monoisotopic (exact) mass is 371 g/mol.